The number of nitrogens with one attached hydrogen (secondary N) is 1. The molecular formula is C25H27N3O6S2. The van der Waals surface area contributed by atoms with Crippen molar-refractivity contribution in [2.24, 2.45) is 5.92 Å². The van der Waals surface area contributed by atoms with Crippen molar-refractivity contribution in [1.82, 2.24) is 15.4 Å². The largest absolute Gasteiger partial charge is 0.444 e. The number of amides is 2. The lowest BCUT2D eigenvalue weighted by Crippen LogP contribution is -2.41. The Hall–Kier alpha value is -3.02. The molecule has 1 atom stereocenters. The van der Waals surface area contributed by atoms with E-state index in [1.165, 1.54) is 17.7 Å². The molecule has 0 spiro atoms. The number of sulfone groups is 1. The fourth-order valence-corrected chi connectivity index (χ4v) is 8.51. The lowest BCUT2D eigenvalue weighted by molar-refractivity contribution is -0.137. The molecule has 1 aliphatic heterocycles. The average molecular weight is 530 g/mol. The van der Waals surface area contributed by atoms with Crippen LogP contribution in [0.1, 0.15) is 37.0 Å². The van der Waals surface area contributed by atoms with E-state index in [1.54, 1.807) is 22.6 Å². The van der Waals surface area contributed by atoms with Gasteiger partial charge in [-0.05, 0) is 37.0 Å². The minimum Gasteiger partial charge on any atom is -0.444 e. The summed E-state index contributed by atoms with van der Waals surface area (Å²) in [6.07, 6.45) is 5.36. The standard InChI is InChI=1S/C25H27N3O6S2/c29-23(27-31)14-25(10-11-28(12-13-36(25,32)33)24(30)19-2-1-3-19)22-9-8-21(35-22)18-6-4-17(5-7-18)20-15-26-16-34-20/h4-9,15-16,19,31H,1-3,10-14H2,(H,27,29)/t25-/m0/s1. The van der Waals surface area contributed by atoms with Crippen LogP contribution in [0.5, 0.6) is 0 Å². The normalized spacial score (nSPS) is 22.0. The zero-order chi connectivity index (χ0) is 25.3. The van der Waals surface area contributed by atoms with Gasteiger partial charge in [-0.25, -0.2) is 18.9 Å². The molecule has 3 aromatic rings. The van der Waals surface area contributed by atoms with Crippen LogP contribution in [0.15, 0.2) is 53.4 Å². The molecule has 2 N–H and O–H groups in total. The molecule has 2 aliphatic rings. The molecule has 36 heavy (non-hydrogen) atoms. The van der Waals surface area contributed by atoms with Crippen LogP contribution in [0.2, 0.25) is 0 Å². The summed E-state index contributed by atoms with van der Waals surface area (Å²) >= 11 is 1.31. The van der Waals surface area contributed by atoms with Crippen molar-refractivity contribution < 1.29 is 27.6 Å². The molecule has 2 amide bonds. The Morgan fingerprint density at radius 3 is 2.53 bits per heavy atom. The number of rotatable bonds is 6. The van der Waals surface area contributed by atoms with Gasteiger partial charge in [0.1, 0.15) is 4.75 Å². The Morgan fingerprint density at radius 2 is 1.89 bits per heavy atom. The maximum Gasteiger partial charge on any atom is 0.245 e. The van der Waals surface area contributed by atoms with E-state index >= 15 is 0 Å². The number of hydrogen-bond acceptors (Lipinski definition) is 8. The van der Waals surface area contributed by atoms with Crippen molar-refractivity contribution in [3.8, 4) is 21.8 Å². The molecule has 2 aromatic heterocycles. The Morgan fingerprint density at radius 1 is 1.14 bits per heavy atom. The van der Waals surface area contributed by atoms with Crippen molar-refractivity contribution in [2.75, 3.05) is 18.8 Å². The highest BCUT2D eigenvalue weighted by Crippen LogP contribution is 2.45. The summed E-state index contributed by atoms with van der Waals surface area (Å²) in [6, 6.07) is 11.2. The minimum atomic E-state index is -3.84. The molecule has 0 radical (unpaired) electrons. The van der Waals surface area contributed by atoms with Gasteiger partial charge in [0.15, 0.2) is 22.0 Å². The van der Waals surface area contributed by atoms with E-state index in [-0.39, 0.29) is 37.1 Å². The number of carbonyl (C=O) groups is 2. The Balaban J connectivity index is 1.47. The number of thiophene rings is 1. The van der Waals surface area contributed by atoms with Crippen molar-refractivity contribution >= 4 is 33.0 Å². The van der Waals surface area contributed by atoms with Crippen LogP contribution >= 0.6 is 11.3 Å². The Bertz CT molecular complexity index is 1350. The highest BCUT2D eigenvalue weighted by molar-refractivity contribution is 7.92. The van der Waals surface area contributed by atoms with Crippen LogP contribution in [-0.4, -0.2) is 54.2 Å². The van der Waals surface area contributed by atoms with Crippen LogP contribution in [0.4, 0.5) is 0 Å². The highest BCUT2D eigenvalue weighted by atomic mass is 32.2. The van der Waals surface area contributed by atoms with Gasteiger partial charge in [-0.3, -0.25) is 14.8 Å². The van der Waals surface area contributed by atoms with Gasteiger partial charge in [0.05, 0.1) is 18.4 Å². The van der Waals surface area contributed by atoms with Gasteiger partial charge in [-0.15, -0.1) is 11.3 Å². The first kappa shape index (κ1) is 24.7. The summed E-state index contributed by atoms with van der Waals surface area (Å²) in [6.45, 7) is 0.355. The highest BCUT2D eigenvalue weighted by Gasteiger charge is 2.50. The third-order valence-electron chi connectivity index (χ3n) is 7.29. The molecule has 190 valence electrons. The van der Waals surface area contributed by atoms with Crippen molar-refractivity contribution in [1.29, 1.82) is 0 Å². The number of hydroxylamine groups is 1. The molecule has 2 fully saturated rings. The predicted octanol–water partition coefficient (Wildman–Crippen LogP) is 3.61. The second kappa shape index (κ2) is 9.79. The van der Waals surface area contributed by atoms with E-state index in [4.69, 9.17) is 4.42 Å². The molecule has 0 unspecified atom stereocenters. The molecule has 3 heterocycles. The predicted molar refractivity (Wildman–Crippen MR) is 134 cm³/mol. The average Bonchev–Trinajstić information content (AvgIpc) is 3.52. The lowest BCUT2D eigenvalue weighted by Gasteiger charge is -2.32. The van der Waals surface area contributed by atoms with E-state index in [0.29, 0.717) is 10.6 Å². The summed E-state index contributed by atoms with van der Waals surface area (Å²) in [7, 11) is -3.84. The van der Waals surface area contributed by atoms with Crippen molar-refractivity contribution in [2.45, 2.75) is 36.9 Å². The smallest absolute Gasteiger partial charge is 0.245 e. The van der Waals surface area contributed by atoms with Gasteiger partial charge in [0.2, 0.25) is 11.8 Å². The fraction of sp³-hybridized carbons (Fsp3) is 0.400. The van der Waals surface area contributed by atoms with Crippen LogP contribution in [-0.2, 0) is 24.2 Å². The van der Waals surface area contributed by atoms with Gasteiger partial charge >= 0.3 is 0 Å². The SMILES string of the molecule is O=C(C[C@]1(c2ccc(-c3ccc(-c4cnco4)cc3)s2)CCN(C(=O)C2CCC2)CCS1(=O)=O)NO. The first-order valence-corrected chi connectivity index (χ1v) is 14.3. The second-order valence-electron chi connectivity index (χ2n) is 9.33. The summed E-state index contributed by atoms with van der Waals surface area (Å²) in [5.74, 6) is -0.396. The fourth-order valence-electron chi connectivity index (χ4n) is 4.90. The van der Waals surface area contributed by atoms with Crippen LogP contribution in [0.25, 0.3) is 21.8 Å². The molecule has 5 rings (SSSR count). The van der Waals surface area contributed by atoms with Crippen LogP contribution < -0.4 is 5.48 Å². The van der Waals surface area contributed by atoms with Gasteiger partial charge in [-0.2, -0.15) is 0 Å². The number of aromatic nitrogens is 1. The first-order chi connectivity index (χ1) is 17.3. The number of nitrogens with zero attached hydrogens (tertiary/aromatic N) is 2. The first-order valence-electron chi connectivity index (χ1n) is 11.9. The summed E-state index contributed by atoms with van der Waals surface area (Å²) in [5, 5.41) is 9.24. The Labute approximate surface area is 213 Å². The van der Waals surface area contributed by atoms with Crippen molar-refractivity contribution in [3.63, 3.8) is 0 Å². The molecule has 1 aromatic carbocycles. The third kappa shape index (κ3) is 4.46. The monoisotopic (exact) mass is 529 g/mol. The Kier molecular flexibility index (Phi) is 6.71. The number of oxazole rings is 1. The van der Waals surface area contributed by atoms with E-state index in [9.17, 15) is 23.2 Å². The van der Waals surface area contributed by atoms with Gasteiger partial charge in [0.25, 0.3) is 0 Å². The zero-order valence-corrected chi connectivity index (χ0v) is 21.2. The quantitative estimate of drug-likeness (QED) is 0.369. The summed E-state index contributed by atoms with van der Waals surface area (Å²) in [5.41, 5.74) is 3.36. The maximum atomic E-state index is 13.7. The topological polar surface area (TPSA) is 130 Å². The molecule has 0 bridgehead atoms. The summed E-state index contributed by atoms with van der Waals surface area (Å²) < 4.78 is 31.2. The minimum absolute atomic E-state index is 0.00225. The van der Waals surface area contributed by atoms with E-state index < -0.39 is 26.9 Å². The number of hydrogen-bond donors (Lipinski definition) is 2. The van der Waals surface area contributed by atoms with Gasteiger partial charge in [-0.1, -0.05) is 30.7 Å². The second-order valence-corrected chi connectivity index (χ2v) is 12.8. The number of benzene rings is 1. The van der Waals surface area contributed by atoms with Crippen LogP contribution in [0, 0.1) is 5.92 Å². The van der Waals surface area contributed by atoms with Gasteiger partial charge in [0, 0.05) is 34.3 Å². The molecular weight excluding hydrogens is 502 g/mol. The zero-order valence-electron chi connectivity index (χ0n) is 19.6. The molecule has 1 saturated heterocycles. The third-order valence-corrected chi connectivity index (χ3v) is 11.2. The molecule has 1 saturated carbocycles. The maximum absolute atomic E-state index is 13.7. The lowest BCUT2D eigenvalue weighted by atomic mass is 9.84. The van der Waals surface area contributed by atoms with E-state index in [0.717, 1.165) is 35.3 Å². The molecule has 1 aliphatic carbocycles. The van der Waals surface area contributed by atoms with Crippen LogP contribution in [0.3, 0.4) is 0 Å². The van der Waals surface area contributed by atoms with E-state index in [2.05, 4.69) is 4.98 Å². The molecule has 11 heteroatoms. The summed E-state index contributed by atoms with van der Waals surface area (Å²) in [4.78, 5) is 32.2. The molecule has 9 nitrogen and oxygen atoms in total. The number of carbonyl (C=O) groups excluding carboxylic acids is 2. The van der Waals surface area contributed by atoms with E-state index in [1.807, 2.05) is 30.3 Å². The van der Waals surface area contributed by atoms with Crippen molar-refractivity contribution in [3.05, 3.63) is 53.9 Å². The van der Waals surface area contributed by atoms with Gasteiger partial charge < -0.3 is 9.32 Å².